The largest absolute Gasteiger partial charge is 0.362 e. The van der Waals surface area contributed by atoms with Gasteiger partial charge in [-0.25, -0.2) is 4.98 Å². The molecule has 0 aliphatic carbocycles. The molecule has 2 heterocycles. The molecular formula is C25H34N4O. The molecule has 30 heavy (non-hydrogen) atoms. The van der Waals surface area contributed by atoms with Crippen LogP contribution >= 0.6 is 0 Å². The Morgan fingerprint density at radius 2 is 1.93 bits per heavy atom. The molecule has 2 aromatic carbocycles. The van der Waals surface area contributed by atoms with Crippen LogP contribution in [0.4, 0.5) is 0 Å². The van der Waals surface area contributed by atoms with Gasteiger partial charge in [-0.15, -0.1) is 0 Å². The van der Waals surface area contributed by atoms with Gasteiger partial charge >= 0.3 is 0 Å². The van der Waals surface area contributed by atoms with Gasteiger partial charge in [0.15, 0.2) is 0 Å². The highest BCUT2D eigenvalue weighted by atomic mass is 16.5. The summed E-state index contributed by atoms with van der Waals surface area (Å²) < 4.78 is 6.70. The number of unbranched alkanes of at least 4 members (excludes halogenated alkanes) is 2. The van der Waals surface area contributed by atoms with Crippen LogP contribution in [0.5, 0.6) is 0 Å². The summed E-state index contributed by atoms with van der Waals surface area (Å²) in [5.41, 5.74) is 10.2. The Morgan fingerprint density at radius 1 is 1.10 bits per heavy atom. The summed E-state index contributed by atoms with van der Waals surface area (Å²) in [6.45, 7) is 2.94. The van der Waals surface area contributed by atoms with Crippen molar-refractivity contribution in [3.8, 4) is 0 Å². The summed E-state index contributed by atoms with van der Waals surface area (Å²) in [4.78, 5) is 10.8. The van der Waals surface area contributed by atoms with E-state index in [4.69, 9.17) is 15.5 Å². The number of nitrogens with one attached hydrogen (secondary N) is 1. The van der Waals surface area contributed by atoms with Crippen molar-refractivity contribution in [3.63, 3.8) is 0 Å². The molecule has 0 saturated carbocycles. The molecule has 0 bridgehead atoms. The van der Waals surface area contributed by atoms with Gasteiger partial charge in [-0.05, 0) is 69.0 Å². The molecule has 160 valence electrons. The molecule has 1 atom stereocenters. The van der Waals surface area contributed by atoms with Crippen molar-refractivity contribution < 1.29 is 4.74 Å². The predicted molar refractivity (Wildman–Crippen MR) is 123 cm³/mol. The number of aryl methyl sites for hydroxylation is 1. The molecule has 0 amide bonds. The summed E-state index contributed by atoms with van der Waals surface area (Å²) in [5.74, 6) is 0.899. The van der Waals surface area contributed by atoms with E-state index in [1.807, 2.05) is 12.1 Å². The number of likely N-dealkylation sites (tertiary alicyclic amines) is 1. The zero-order valence-corrected chi connectivity index (χ0v) is 18.0. The van der Waals surface area contributed by atoms with Gasteiger partial charge in [-0.1, -0.05) is 42.8 Å². The van der Waals surface area contributed by atoms with E-state index in [0.717, 1.165) is 62.2 Å². The number of para-hydroxylation sites is 2. The minimum atomic E-state index is -0.171. The lowest BCUT2D eigenvalue weighted by atomic mass is 10.0. The van der Waals surface area contributed by atoms with E-state index < -0.39 is 0 Å². The van der Waals surface area contributed by atoms with Crippen molar-refractivity contribution in [1.29, 1.82) is 0 Å². The number of benzene rings is 2. The molecule has 5 nitrogen and oxygen atoms in total. The zero-order valence-electron chi connectivity index (χ0n) is 18.0. The summed E-state index contributed by atoms with van der Waals surface area (Å²) >= 11 is 0. The summed E-state index contributed by atoms with van der Waals surface area (Å²) in [7, 11) is 2.18. The Kier molecular flexibility index (Phi) is 7.16. The van der Waals surface area contributed by atoms with Crippen molar-refractivity contribution in [2.24, 2.45) is 5.73 Å². The highest BCUT2D eigenvalue weighted by Crippen LogP contribution is 2.30. The van der Waals surface area contributed by atoms with Gasteiger partial charge in [0, 0.05) is 13.1 Å². The third-order valence-corrected chi connectivity index (χ3v) is 6.07. The lowest BCUT2D eigenvalue weighted by Gasteiger charge is -2.31. The van der Waals surface area contributed by atoms with E-state index in [-0.39, 0.29) is 12.2 Å². The molecule has 1 aliphatic heterocycles. The number of ether oxygens (including phenoxy) is 1. The van der Waals surface area contributed by atoms with Gasteiger partial charge in [0.25, 0.3) is 0 Å². The monoisotopic (exact) mass is 406 g/mol. The lowest BCUT2D eigenvalue weighted by Crippen LogP contribution is -2.35. The normalized spacial score (nSPS) is 16.9. The van der Waals surface area contributed by atoms with Crippen LogP contribution in [0.1, 0.15) is 55.2 Å². The first-order valence-electron chi connectivity index (χ1n) is 11.3. The quantitative estimate of drug-likeness (QED) is 0.516. The zero-order chi connectivity index (χ0) is 20.8. The van der Waals surface area contributed by atoms with E-state index in [2.05, 4.69) is 53.3 Å². The van der Waals surface area contributed by atoms with Gasteiger partial charge in [-0.2, -0.15) is 0 Å². The predicted octanol–water partition coefficient (Wildman–Crippen LogP) is 4.43. The van der Waals surface area contributed by atoms with E-state index >= 15 is 0 Å². The standard InChI is InChI=1S/C25H34N4O/c1-29-16-13-21(14-17-29)30-24(25-27-22-11-4-5-12-23(22)28-25)20-10-7-9-19(18-20)8-3-2-6-15-26/h4-5,7,9-12,18,21,24H,2-3,6,8,13-17,26H2,1H3,(H,27,28). The average molecular weight is 407 g/mol. The second kappa shape index (κ2) is 10.2. The van der Waals surface area contributed by atoms with E-state index in [9.17, 15) is 0 Å². The Bertz CT molecular complexity index is 897. The number of piperidine rings is 1. The maximum atomic E-state index is 6.70. The molecule has 3 N–H and O–H groups in total. The van der Waals surface area contributed by atoms with Gasteiger partial charge < -0.3 is 20.4 Å². The van der Waals surface area contributed by atoms with Crippen molar-refractivity contribution in [2.45, 2.75) is 50.7 Å². The van der Waals surface area contributed by atoms with Gasteiger partial charge in [0.2, 0.25) is 0 Å². The number of aromatic nitrogens is 2. The second-order valence-corrected chi connectivity index (χ2v) is 8.50. The van der Waals surface area contributed by atoms with E-state index in [1.54, 1.807) is 0 Å². The second-order valence-electron chi connectivity index (χ2n) is 8.50. The molecule has 4 rings (SSSR count). The molecule has 1 saturated heterocycles. The Balaban J connectivity index is 1.58. The van der Waals surface area contributed by atoms with Crippen LogP contribution in [-0.4, -0.2) is 47.7 Å². The third-order valence-electron chi connectivity index (χ3n) is 6.07. The van der Waals surface area contributed by atoms with Crippen LogP contribution in [0.25, 0.3) is 11.0 Å². The molecule has 1 fully saturated rings. The van der Waals surface area contributed by atoms with Crippen LogP contribution in [0.3, 0.4) is 0 Å². The molecule has 1 unspecified atom stereocenters. The van der Waals surface area contributed by atoms with E-state index in [1.165, 1.54) is 24.0 Å². The van der Waals surface area contributed by atoms with Gasteiger partial charge in [0.1, 0.15) is 11.9 Å². The number of imidazole rings is 1. The summed E-state index contributed by atoms with van der Waals surface area (Å²) in [5, 5.41) is 0. The average Bonchev–Trinajstić information content (AvgIpc) is 3.20. The number of fused-ring (bicyclic) bond motifs is 1. The van der Waals surface area contributed by atoms with Crippen LogP contribution in [0.2, 0.25) is 0 Å². The Hall–Kier alpha value is -2.21. The van der Waals surface area contributed by atoms with Crippen LogP contribution < -0.4 is 5.73 Å². The number of hydrogen-bond acceptors (Lipinski definition) is 4. The number of nitrogens with two attached hydrogens (primary N) is 1. The number of nitrogens with zero attached hydrogens (tertiary/aromatic N) is 2. The topological polar surface area (TPSA) is 67.2 Å². The SMILES string of the molecule is CN1CCC(OC(c2cccc(CCCCCN)c2)c2nc3ccccc3[nH]2)CC1. The highest BCUT2D eigenvalue weighted by Gasteiger charge is 2.26. The molecule has 1 aliphatic rings. The summed E-state index contributed by atoms with van der Waals surface area (Å²) in [6.07, 6.45) is 6.74. The molecule has 0 spiro atoms. The Morgan fingerprint density at radius 3 is 2.73 bits per heavy atom. The maximum absolute atomic E-state index is 6.70. The smallest absolute Gasteiger partial charge is 0.141 e. The first-order valence-corrected chi connectivity index (χ1v) is 11.3. The first kappa shape index (κ1) is 21.0. The van der Waals surface area contributed by atoms with Crippen molar-refractivity contribution in [1.82, 2.24) is 14.9 Å². The minimum absolute atomic E-state index is 0.171. The van der Waals surface area contributed by atoms with Crippen molar-refractivity contribution in [3.05, 3.63) is 65.5 Å². The Labute approximate surface area is 179 Å². The third kappa shape index (κ3) is 5.28. The molecule has 1 aromatic heterocycles. The minimum Gasteiger partial charge on any atom is -0.362 e. The van der Waals surface area contributed by atoms with E-state index in [0.29, 0.717) is 0 Å². The first-order chi connectivity index (χ1) is 14.7. The van der Waals surface area contributed by atoms with Gasteiger partial charge in [-0.3, -0.25) is 0 Å². The molecular weight excluding hydrogens is 372 g/mol. The molecule has 0 radical (unpaired) electrons. The fraction of sp³-hybridized carbons (Fsp3) is 0.480. The van der Waals surface area contributed by atoms with Crippen LogP contribution in [0, 0.1) is 0 Å². The summed E-state index contributed by atoms with van der Waals surface area (Å²) in [6, 6.07) is 17.0. The maximum Gasteiger partial charge on any atom is 0.141 e. The number of hydrogen-bond donors (Lipinski definition) is 2. The lowest BCUT2D eigenvalue weighted by molar-refractivity contribution is -0.0264. The van der Waals surface area contributed by atoms with Crippen molar-refractivity contribution in [2.75, 3.05) is 26.7 Å². The number of rotatable bonds is 9. The van der Waals surface area contributed by atoms with Gasteiger partial charge in [0.05, 0.1) is 17.1 Å². The molecule has 5 heteroatoms. The highest BCUT2D eigenvalue weighted by molar-refractivity contribution is 5.74. The van der Waals surface area contributed by atoms with Crippen LogP contribution in [-0.2, 0) is 11.2 Å². The fourth-order valence-corrected chi connectivity index (χ4v) is 4.27. The van der Waals surface area contributed by atoms with Crippen LogP contribution in [0.15, 0.2) is 48.5 Å². The van der Waals surface area contributed by atoms with Crippen molar-refractivity contribution >= 4 is 11.0 Å². The molecule has 3 aromatic rings. The number of H-pyrrole nitrogens is 1. The number of aromatic amines is 1. The fourth-order valence-electron chi connectivity index (χ4n) is 4.27.